The number of thiophene rings is 1. The Balaban J connectivity index is 2.74. The van der Waals surface area contributed by atoms with Crippen LogP contribution in [-0.4, -0.2) is 30.2 Å². The Hall–Kier alpha value is -1.70. The Bertz CT molecular complexity index is 882. The highest BCUT2D eigenvalue weighted by molar-refractivity contribution is 7.09. The first-order valence-electron chi connectivity index (χ1n) is 11.9. The summed E-state index contributed by atoms with van der Waals surface area (Å²) in [5.41, 5.74) is 2.11. The van der Waals surface area contributed by atoms with Crippen molar-refractivity contribution in [1.82, 2.24) is 9.55 Å². The van der Waals surface area contributed by atoms with Crippen molar-refractivity contribution in [3.8, 4) is 0 Å². The molecule has 2 rings (SSSR count). The number of rotatable bonds is 14. The number of ether oxygens (including phenoxy) is 1. The first-order valence-corrected chi connectivity index (χ1v) is 16.3. The zero-order chi connectivity index (χ0) is 23.7. The number of carbonyl (C=O) groups is 1. The summed E-state index contributed by atoms with van der Waals surface area (Å²) in [6.45, 7) is 13.8. The number of aryl methyl sites for hydroxylation is 1. The minimum Gasteiger partial charge on any atom is -0.545 e. The second kappa shape index (κ2) is 12.5. The molecule has 0 bridgehead atoms. The summed E-state index contributed by atoms with van der Waals surface area (Å²) in [5, 5.41) is 14.4. The van der Waals surface area contributed by atoms with Crippen molar-refractivity contribution in [2.75, 3.05) is 6.61 Å². The maximum atomic E-state index is 12.4. The predicted octanol–water partition coefficient (Wildman–Crippen LogP) is 5.64. The Morgan fingerprint density at radius 3 is 2.47 bits per heavy atom. The zero-order valence-electron chi connectivity index (χ0n) is 20.6. The van der Waals surface area contributed by atoms with Crippen LogP contribution in [0.3, 0.4) is 0 Å². The van der Waals surface area contributed by atoms with E-state index in [0.717, 1.165) is 54.1 Å². The lowest BCUT2D eigenvalue weighted by Gasteiger charge is -2.33. The molecule has 0 aromatic carbocycles. The van der Waals surface area contributed by atoms with E-state index in [1.807, 2.05) is 30.6 Å². The predicted molar refractivity (Wildman–Crippen MR) is 134 cm³/mol. The molecule has 2 heterocycles. The molecule has 0 aliphatic heterocycles. The molecule has 0 saturated heterocycles. The third-order valence-electron chi connectivity index (χ3n) is 5.56. The molecule has 0 radical (unpaired) electrons. The molecule has 2 aromatic heterocycles. The quantitative estimate of drug-likeness (QED) is 0.262. The lowest BCUT2D eigenvalue weighted by molar-refractivity contribution is -0.299. The van der Waals surface area contributed by atoms with Crippen LogP contribution < -0.4 is 5.11 Å². The summed E-state index contributed by atoms with van der Waals surface area (Å²) in [6.07, 6.45) is 7.82. The van der Waals surface area contributed by atoms with Crippen molar-refractivity contribution >= 4 is 31.0 Å². The molecule has 7 heteroatoms. The van der Waals surface area contributed by atoms with Crippen LogP contribution in [0.2, 0.25) is 19.6 Å². The molecule has 0 N–H and O–H groups in total. The minimum absolute atomic E-state index is 0.0989. The van der Waals surface area contributed by atoms with E-state index in [1.165, 1.54) is 0 Å². The number of carboxylic acid groups (broad SMARTS) is 1. The van der Waals surface area contributed by atoms with Crippen LogP contribution in [0.25, 0.3) is 5.57 Å². The molecule has 178 valence electrons. The van der Waals surface area contributed by atoms with Gasteiger partial charge in [0, 0.05) is 24.3 Å². The maximum Gasteiger partial charge on any atom is 0.120 e. The van der Waals surface area contributed by atoms with Gasteiger partial charge in [-0.3, -0.25) is 0 Å². The second-order valence-corrected chi connectivity index (χ2v) is 15.6. The lowest BCUT2D eigenvalue weighted by atomic mass is 9.96. The number of aromatic nitrogens is 2. The lowest BCUT2D eigenvalue weighted by Crippen LogP contribution is -2.39. The third-order valence-corrected chi connectivity index (χ3v) is 8.34. The fourth-order valence-electron chi connectivity index (χ4n) is 3.95. The van der Waals surface area contributed by atoms with E-state index in [1.54, 1.807) is 11.3 Å². The summed E-state index contributed by atoms with van der Waals surface area (Å²) in [7, 11) is -1.80. The van der Waals surface area contributed by atoms with E-state index in [-0.39, 0.29) is 5.85 Å². The SMILES string of the molecule is CCCC/C(=C(/Cc1cccs1)C(=O)[O-])c1cnc(CCCC)n1C(OCC)[Si](C)(C)C. The van der Waals surface area contributed by atoms with Gasteiger partial charge < -0.3 is 19.2 Å². The molecule has 0 fully saturated rings. The van der Waals surface area contributed by atoms with E-state index >= 15 is 0 Å². The molecule has 1 atom stereocenters. The number of nitrogens with zero attached hydrogens (tertiary/aromatic N) is 2. The number of carbonyl (C=O) groups excluding carboxylic acids is 1. The average Bonchev–Trinajstić information content (AvgIpc) is 3.39. The van der Waals surface area contributed by atoms with Crippen molar-refractivity contribution < 1.29 is 14.6 Å². The van der Waals surface area contributed by atoms with Crippen molar-refractivity contribution in [2.45, 2.75) is 91.2 Å². The Morgan fingerprint density at radius 1 is 1.22 bits per heavy atom. The van der Waals surface area contributed by atoms with Crippen LogP contribution >= 0.6 is 11.3 Å². The van der Waals surface area contributed by atoms with Crippen LogP contribution in [0.4, 0.5) is 0 Å². The highest BCUT2D eigenvalue weighted by atomic mass is 32.1. The largest absolute Gasteiger partial charge is 0.545 e. The fraction of sp³-hybridized carbons (Fsp3) is 0.600. The first kappa shape index (κ1) is 26.5. The van der Waals surface area contributed by atoms with Gasteiger partial charge in [0.2, 0.25) is 0 Å². The van der Waals surface area contributed by atoms with Gasteiger partial charge in [-0.05, 0) is 48.8 Å². The van der Waals surface area contributed by atoms with Crippen molar-refractivity contribution in [2.24, 2.45) is 0 Å². The van der Waals surface area contributed by atoms with Gasteiger partial charge in [0.05, 0.1) is 17.9 Å². The van der Waals surface area contributed by atoms with Gasteiger partial charge in [0.1, 0.15) is 19.7 Å². The number of hydrogen-bond acceptors (Lipinski definition) is 5. The van der Waals surface area contributed by atoms with E-state index in [9.17, 15) is 9.90 Å². The van der Waals surface area contributed by atoms with E-state index in [0.29, 0.717) is 25.0 Å². The van der Waals surface area contributed by atoms with Gasteiger partial charge in [-0.25, -0.2) is 4.98 Å². The van der Waals surface area contributed by atoms with Crippen LogP contribution in [0.15, 0.2) is 29.3 Å². The minimum atomic E-state index is -1.80. The van der Waals surface area contributed by atoms with Crippen molar-refractivity contribution in [3.63, 3.8) is 0 Å². The highest BCUT2D eigenvalue weighted by Crippen LogP contribution is 2.34. The number of imidazole rings is 1. The fourth-order valence-corrected chi connectivity index (χ4v) is 6.40. The summed E-state index contributed by atoms with van der Waals surface area (Å²) >= 11 is 1.58. The summed E-state index contributed by atoms with van der Waals surface area (Å²) in [5.74, 6) is -0.197. The topological polar surface area (TPSA) is 67.2 Å². The number of allylic oxidation sites excluding steroid dienone is 1. The molecule has 5 nitrogen and oxygen atoms in total. The molecule has 1 unspecified atom stereocenters. The van der Waals surface area contributed by atoms with Crippen LogP contribution in [0, 0.1) is 0 Å². The molecule has 2 aromatic rings. The van der Waals surface area contributed by atoms with E-state index in [2.05, 4.69) is 38.1 Å². The molecule has 32 heavy (non-hydrogen) atoms. The number of unbranched alkanes of at least 4 members (excludes halogenated alkanes) is 2. The van der Waals surface area contributed by atoms with Crippen LogP contribution in [0.1, 0.15) is 75.1 Å². The van der Waals surface area contributed by atoms with E-state index in [4.69, 9.17) is 9.72 Å². The van der Waals surface area contributed by atoms with Crippen LogP contribution in [-0.2, 0) is 22.4 Å². The summed E-state index contributed by atoms with van der Waals surface area (Å²) in [6, 6.07) is 3.95. The van der Waals surface area contributed by atoms with Gasteiger partial charge in [-0.1, -0.05) is 52.4 Å². The Morgan fingerprint density at radius 2 is 1.94 bits per heavy atom. The summed E-state index contributed by atoms with van der Waals surface area (Å²) in [4.78, 5) is 18.2. The maximum absolute atomic E-state index is 12.4. The molecule has 0 spiro atoms. The molecule has 0 saturated carbocycles. The van der Waals surface area contributed by atoms with Gasteiger partial charge in [0.15, 0.2) is 0 Å². The number of aliphatic carboxylic acids is 1. The Kier molecular flexibility index (Phi) is 10.4. The van der Waals surface area contributed by atoms with Gasteiger partial charge in [0.25, 0.3) is 0 Å². The normalized spacial score (nSPS) is 13.8. The van der Waals surface area contributed by atoms with Gasteiger partial charge in [-0.15, -0.1) is 11.3 Å². The average molecular weight is 476 g/mol. The molecule has 0 aliphatic rings. The second-order valence-electron chi connectivity index (χ2n) is 9.31. The van der Waals surface area contributed by atoms with Gasteiger partial charge in [-0.2, -0.15) is 0 Å². The standard InChI is InChI=1S/C25H40N2O3SSi/c1-7-10-14-20(21(24(28)29)17-19-13-12-16-31-19)22-18-26-23(15-11-8-2)27(22)25(30-9-3)32(4,5)6/h12-13,16,18,25H,7-11,14-15,17H2,1-6H3,(H,28,29)/p-1/b21-20+. The first-order chi connectivity index (χ1) is 15.2. The van der Waals surface area contributed by atoms with Gasteiger partial charge >= 0.3 is 0 Å². The Labute approximate surface area is 198 Å². The third kappa shape index (κ3) is 6.90. The zero-order valence-corrected chi connectivity index (χ0v) is 22.4. The van der Waals surface area contributed by atoms with Crippen molar-refractivity contribution in [1.29, 1.82) is 0 Å². The van der Waals surface area contributed by atoms with Crippen molar-refractivity contribution in [3.05, 3.63) is 45.7 Å². The molecule has 0 amide bonds. The van der Waals surface area contributed by atoms with Crippen LogP contribution in [0.5, 0.6) is 0 Å². The molecule has 0 aliphatic carbocycles. The summed E-state index contributed by atoms with van der Waals surface area (Å²) < 4.78 is 8.54. The van der Waals surface area contributed by atoms with E-state index < -0.39 is 14.0 Å². The number of carboxylic acids is 1. The smallest absolute Gasteiger partial charge is 0.120 e. The highest BCUT2D eigenvalue weighted by Gasteiger charge is 2.33. The monoisotopic (exact) mass is 475 g/mol. The number of hydrogen-bond donors (Lipinski definition) is 0. The molecular weight excluding hydrogens is 436 g/mol. The molecular formula is C25H39N2O3SSi-.